The Labute approximate surface area is 105 Å². The van der Waals surface area contributed by atoms with Gasteiger partial charge in [0.2, 0.25) is 0 Å². The molecule has 3 nitrogen and oxygen atoms in total. The first-order valence-corrected chi connectivity index (χ1v) is 7.00. The fraction of sp³-hybridized carbons (Fsp3) is 1.00. The molecule has 0 radical (unpaired) electrons. The second-order valence-corrected chi connectivity index (χ2v) is 6.33. The SMILES string of the molecule is CC(C)C1CCN(CC2COC(C)(C)O2)CC1. The normalized spacial score (nSPS) is 31.2. The van der Waals surface area contributed by atoms with E-state index in [1.165, 1.54) is 25.9 Å². The Bertz CT molecular complexity index is 245. The van der Waals surface area contributed by atoms with E-state index in [1.807, 2.05) is 13.8 Å². The van der Waals surface area contributed by atoms with Crippen LogP contribution in [0.5, 0.6) is 0 Å². The molecule has 2 saturated heterocycles. The molecule has 0 aromatic rings. The molecule has 2 aliphatic heterocycles. The summed E-state index contributed by atoms with van der Waals surface area (Å²) in [7, 11) is 0. The summed E-state index contributed by atoms with van der Waals surface area (Å²) < 4.78 is 11.5. The van der Waals surface area contributed by atoms with Crippen molar-refractivity contribution in [1.82, 2.24) is 4.90 Å². The van der Waals surface area contributed by atoms with Crippen LogP contribution in [0.15, 0.2) is 0 Å². The summed E-state index contributed by atoms with van der Waals surface area (Å²) in [6.07, 6.45) is 2.95. The highest BCUT2D eigenvalue weighted by atomic mass is 16.7. The van der Waals surface area contributed by atoms with Crippen LogP contribution in [0.4, 0.5) is 0 Å². The van der Waals surface area contributed by atoms with Gasteiger partial charge in [-0.2, -0.15) is 0 Å². The van der Waals surface area contributed by atoms with Crippen molar-refractivity contribution in [2.45, 2.75) is 52.4 Å². The van der Waals surface area contributed by atoms with Crippen molar-refractivity contribution in [3.63, 3.8) is 0 Å². The van der Waals surface area contributed by atoms with Crippen LogP contribution in [0.3, 0.4) is 0 Å². The first-order valence-electron chi connectivity index (χ1n) is 7.00. The lowest BCUT2D eigenvalue weighted by Crippen LogP contribution is -2.40. The van der Waals surface area contributed by atoms with Crippen molar-refractivity contribution < 1.29 is 9.47 Å². The molecule has 0 amide bonds. The molecule has 0 saturated carbocycles. The van der Waals surface area contributed by atoms with Gasteiger partial charge >= 0.3 is 0 Å². The van der Waals surface area contributed by atoms with E-state index in [-0.39, 0.29) is 11.9 Å². The van der Waals surface area contributed by atoms with Crippen molar-refractivity contribution in [1.29, 1.82) is 0 Å². The zero-order valence-electron chi connectivity index (χ0n) is 11.7. The fourth-order valence-electron chi connectivity index (χ4n) is 2.94. The minimum atomic E-state index is -0.374. The number of likely N-dealkylation sites (tertiary alicyclic amines) is 1. The molecule has 0 aromatic heterocycles. The summed E-state index contributed by atoms with van der Waals surface area (Å²) in [4.78, 5) is 2.54. The van der Waals surface area contributed by atoms with E-state index in [1.54, 1.807) is 0 Å². The van der Waals surface area contributed by atoms with Crippen LogP contribution in [0.1, 0.15) is 40.5 Å². The number of rotatable bonds is 3. The van der Waals surface area contributed by atoms with Crippen LogP contribution in [0, 0.1) is 11.8 Å². The summed E-state index contributed by atoms with van der Waals surface area (Å²) >= 11 is 0. The van der Waals surface area contributed by atoms with Gasteiger partial charge in [-0.25, -0.2) is 0 Å². The van der Waals surface area contributed by atoms with Crippen molar-refractivity contribution in [3.8, 4) is 0 Å². The quantitative estimate of drug-likeness (QED) is 0.758. The van der Waals surface area contributed by atoms with E-state index in [9.17, 15) is 0 Å². The average Bonchev–Trinajstić information content (AvgIpc) is 2.59. The molecular weight excluding hydrogens is 214 g/mol. The molecule has 2 rings (SSSR count). The largest absolute Gasteiger partial charge is 0.348 e. The Morgan fingerprint density at radius 2 is 1.88 bits per heavy atom. The highest BCUT2D eigenvalue weighted by molar-refractivity contribution is 4.79. The minimum Gasteiger partial charge on any atom is -0.348 e. The van der Waals surface area contributed by atoms with Gasteiger partial charge in [0.05, 0.1) is 12.7 Å². The van der Waals surface area contributed by atoms with Crippen LogP contribution < -0.4 is 0 Å². The maximum atomic E-state index is 5.86. The highest BCUT2D eigenvalue weighted by Gasteiger charge is 2.34. The Kier molecular flexibility index (Phi) is 4.11. The molecule has 0 aliphatic carbocycles. The summed E-state index contributed by atoms with van der Waals surface area (Å²) in [5.74, 6) is 1.38. The van der Waals surface area contributed by atoms with Gasteiger partial charge in [-0.05, 0) is 51.6 Å². The number of piperidine rings is 1. The predicted octanol–water partition coefficient (Wildman–Crippen LogP) is 2.51. The zero-order valence-corrected chi connectivity index (χ0v) is 11.7. The molecule has 2 heterocycles. The summed E-state index contributed by atoms with van der Waals surface area (Å²) in [6.45, 7) is 12.9. The maximum absolute atomic E-state index is 5.86. The molecular formula is C14H27NO2. The Balaban J connectivity index is 1.72. The smallest absolute Gasteiger partial charge is 0.163 e. The van der Waals surface area contributed by atoms with E-state index < -0.39 is 0 Å². The van der Waals surface area contributed by atoms with Crippen molar-refractivity contribution >= 4 is 0 Å². The van der Waals surface area contributed by atoms with Gasteiger partial charge in [0.1, 0.15) is 0 Å². The van der Waals surface area contributed by atoms with Gasteiger partial charge in [0, 0.05) is 6.54 Å². The van der Waals surface area contributed by atoms with Gasteiger partial charge in [0.25, 0.3) is 0 Å². The molecule has 0 aromatic carbocycles. The molecule has 1 unspecified atom stereocenters. The third-order valence-corrected chi connectivity index (χ3v) is 4.10. The molecule has 0 N–H and O–H groups in total. The Morgan fingerprint density at radius 3 is 2.35 bits per heavy atom. The lowest BCUT2D eigenvalue weighted by Gasteiger charge is -2.34. The fourth-order valence-corrected chi connectivity index (χ4v) is 2.94. The molecule has 17 heavy (non-hydrogen) atoms. The Morgan fingerprint density at radius 1 is 1.24 bits per heavy atom. The summed E-state index contributed by atoms with van der Waals surface area (Å²) in [5.41, 5.74) is 0. The average molecular weight is 241 g/mol. The van der Waals surface area contributed by atoms with Gasteiger partial charge < -0.3 is 14.4 Å². The topological polar surface area (TPSA) is 21.7 Å². The number of ether oxygens (including phenoxy) is 2. The first kappa shape index (κ1) is 13.3. The van der Waals surface area contributed by atoms with Gasteiger partial charge in [-0.3, -0.25) is 0 Å². The Hall–Kier alpha value is -0.120. The van der Waals surface area contributed by atoms with Gasteiger partial charge in [0.15, 0.2) is 5.79 Å². The van der Waals surface area contributed by atoms with Crippen LogP contribution >= 0.6 is 0 Å². The van der Waals surface area contributed by atoms with Gasteiger partial charge in [-0.1, -0.05) is 13.8 Å². The summed E-state index contributed by atoms with van der Waals surface area (Å²) in [6, 6.07) is 0. The van der Waals surface area contributed by atoms with Crippen molar-refractivity contribution in [3.05, 3.63) is 0 Å². The molecule has 100 valence electrons. The highest BCUT2D eigenvalue weighted by Crippen LogP contribution is 2.27. The zero-order chi connectivity index (χ0) is 12.5. The maximum Gasteiger partial charge on any atom is 0.163 e. The van der Waals surface area contributed by atoms with Crippen LogP contribution in [-0.2, 0) is 9.47 Å². The third kappa shape index (κ3) is 3.67. The van der Waals surface area contributed by atoms with Crippen LogP contribution in [0.2, 0.25) is 0 Å². The van der Waals surface area contributed by atoms with E-state index in [0.717, 1.165) is 25.0 Å². The molecule has 0 bridgehead atoms. The number of hydrogen-bond acceptors (Lipinski definition) is 3. The molecule has 2 aliphatic rings. The lowest BCUT2D eigenvalue weighted by molar-refractivity contribution is -0.140. The second-order valence-electron chi connectivity index (χ2n) is 6.33. The molecule has 2 fully saturated rings. The summed E-state index contributed by atoms with van der Waals surface area (Å²) in [5, 5.41) is 0. The van der Waals surface area contributed by atoms with Crippen LogP contribution in [-0.4, -0.2) is 43.0 Å². The minimum absolute atomic E-state index is 0.264. The second kappa shape index (κ2) is 5.25. The van der Waals surface area contributed by atoms with E-state index in [2.05, 4.69) is 18.7 Å². The standard InChI is InChI=1S/C14H27NO2/c1-11(2)12-5-7-15(8-6-12)9-13-10-16-14(3,4)17-13/h11-13H,5-10H2,1-4H3. The number of hydrogen-bond donors (Lipinski definition) is 0. The molecule has 3 heteroatoms. The van der Waals surface area contributed by atoms with Crippen molar-refractivity contribution in [2.75, 3.05) is 26.2 Å². The lowest BCUT2D eigenvalue weighted by atomic mass is 9.87. The third-order valence-electron chi connectivity index (χ3n) is 4.10. The van der Waals surface area contributed by atoms with Crippen LogP contribution in [0.25, 0.3) is 0 Å². The van der Waals surface area contributed by atoms with E-state index >= 15 is 0 Å². The molecule has 0 spiro atoms. The predicted molar refractivity (Wildman–Crippen MR) is 68.9 cm³/mol. The monoisotopic (exact) mass is 241 g/mol. The number of nitrogens with zero attached hydrogens (tertiary/aromatic N) is 1. The molecule has 1 atom stereocenters. The van der Waals surface area contributed by atoms with E-state index in [0.29, 0.717) is 0 Å². The van der Waals surface area contributed by atoms with Crippen molar-refractivity contribution in [2.24, 2.45) is 11.8 Å². The first-order chi connectivity index (χ1) is 7.96. The van der Waals surface area contributed by atoms with Gasteiger partial charge in [-0.15, -0.1) is 0 Å². The van der Waals surface area contributed by atoms with E-state index in [4.69, 9.17) is 9.47 Å².